The van der Waals surface area contributed by atoms with Crippen molar-refractivity contribution < 1.29 is 4.39 Å². The Balaban J connectivity index is 1.79. The Labute approximate surface area is 120 Å². The zero-order valence-electron chi connectivity index (χ0n) is 10.6. The van der Waals surface area contributed by atoms with Crippen LogP contribution < -0.4 is 5.43 Å². The Morgan fingerprint density at radius 2 is 1.80 bits per heavy atom. The Morgan fingerprint density at radius 3 is 2.50 bits per heavy atom. The fourth-order valence-electron chi connectivity index (χ4n) is 1.83. The number of nitrogens with zero attached hydrogens (tertiary/aromatic N) is 2. The van der Waals surface area contributed by atoms with Crippen molar-refractivity contribution in [3.8, 4) is 0 Å². The third-order valence-corrected chi connectivity index (χ3v) is 3.68. The highest BCUT2D eigenvalue weighted by Gasteiger charge is 2.15. The van der Waals surface area contributed by atoms with Crippen molar-refractivity contribution in [3.05, 3.63) is 66.0 Å². The van der Waals surface area contributed by atoms with E-state index < -0.39 is 0 Å². The molecule has 0 saturated heterocycles. The largest absolute Gasteiger partial charge is 0.255 e. The molecule has 1 heterocycles. The lowest BCUT2D eigenvalue weighted by molar-refractivity contribution is 0.625. The summed E-state index contributed by atoms with van der Waals surface area (Å²) in [6.45, 7) is 0. The number of nitrogens with one attached hydrogen (secondary N) is 1. The van der Waals surface area contributed by atoms with Crippen molar-refractivity contribution in [1.82, 2.24) is 5.43 Å². The van der Waals surface area contributed by atoms with Crippen LogP contribution in [0.15, 0.2) is 64.7 Å². The smallest absolute Gasteiger partial charge is 0.182 e. The zero-order valence-corrected chi connectivity index (χ0v) is 11.4. The van der Waals surface area contributed by atoms with Crippen LogP contribution >= 0.6 is 11.8 Å². The normalized spacial score (nSPS) is 16.6. The summed E-state index contributed by atoms with van der Waals surface area (Å²) in [6, 6.07) is 16.3. The second-order valence-corrected chi connectivity index (χ2v) is 5.16. The number of thioether (sulfide) groups is 1. The van der Waals surface area contributed by atoms with Crippen LogP contribution in [0.3, 0.4) is 0 Å². The van der Waals surface area contributed by atoms with E-state index in [2.05, 4.69) is 15.5 Å². The molecule has 5 heteroatoms. The Kier molecular flexibility index (Phi) is 3.78. The molecule has 0 fully saturated rings. The monoisotopic (exact) mass is 285 g/mol. The van der Waals surface area contributed by atoms with E-state index in [4.69, 9.17) is 0 Å². The fourth-order valence-corrected chi connectivity index (χ4v) is 2.60. The Morgan fingerprint density at radius 1 is 1.05 bits per heavy atom. The van der Waals surface area contributed by atoms with Gasteiger partial charge in [-0.05, 0) is 18.2 Å². The maximum Gasteiger partial charge on any atom is 0.182 e. The number of hydrogen-bond acceptors (Lipinski definition) is 3. The number of para-hydroxylation sites is 1. The fraction of sp³-hybridized carbons (Fsp3) is 0.0667. The number of hydrazone groups is 1. The van der Waals surface area contributed by atoms with E-state index in [1.54, 1.807) is 18.2 Å². The van der Waals surface area contributed by atoms with Gasteiger partial charge in [0.15, 0.2) is 5.17 Å². The molecule has 0 spiro atoms. The minimum Gasteiger partial charge on any atom is -0.255 e. The van der Waals surface area contributed by atoms with Crippen molar-refractivity contribution >= 4 is 28.3 Å². The highest BCUT2D eigenvalue weighted by Crippen LogP contribution is 2.19. The molecule has 0 amide bonds. The number of benzene rings is 2. The summed E-state index contributed by atoms with van der Waals surface area (Å²) in [4.78, 5) is 4.44. The first-order chi connectivity index (χ1) is 9.83. The predicted octanol–water partition coefficient (Wildman–Crippen LogP) is 3.55. The minimum atomic E-state index is -0.253. The molecule has 2 aromatic rings. The highest BCUT2D eigenvalue weighted by molar-refractivity contribution is 8.14. The Hall–Kier alpha value is -2.14. The Bertz CT molecular complexity index is 668. The lowest BCUT2D eigenvalue weighted by Crippen LogP contribution is -2.25. The van der Waals surface area contributed by atoms with E-state index >= 15 is 0 Å². The van der Waals surface area contributed by atoms with Crippen molar-refractivity contribution in [2.45, 2.75) is 0 Å². The van der Waals surface area contributed by atoms with Crippen molar-refractivity contribution in [2.75, 3.05) is 5.75 Å². The summed E-state index contributed by atoms with van der Waals surface area (Å²) in [5.74, 6) is 0.344. The molecule has 0 unspecified atom stereocenters. The van der Waals surface area contributed by atoms with Crippen LogP contribution in [0, 0.1) is 5.82 Å². The molecular weight excluding hydrogens is 273 g/mol. The van der Waals surface area contributed by atoms with E-state index in [1.807, 2.05) is 30.3 Å². The third-order valence-electron chi connectivity index (χ3n) is 2.80. The van der Waals surface area contributed by atoms with Gasteiger partial charge < -0.3 is 0 Å². The van der Waals surface area contributed by atoms with Crippen LogP contribution in [0.5, 0.6) is 0 Å². The second kappa shape index (κ2) is 5.88. The number of amidine groups is 1. The second-order valence-electron chi connectivity index (χ2n) is 4.19. The van der Waals surface area contributed by atoms with Crippen LogP contribution in [0.25, 0.3) is 0 Å². The van der Waals surface area contributed by atoms with Gasteiger partial charge in [0.2, 0.25) is 0 Å². The van der Waals surface area contributed by atoms with Gasteiger partial charge in [0, 0.05) is 11.3 Å². The van der Waals surface area contributed by atoms with Crippen molar-refractivity contribution in [1.29, 1.82) is 0 Å². The van der Waals surface area contributed by atoms with Gasteiger partial charge in [0.05, 0.1) is 11.4 Å². The molecule has 0 aliphatic carbocycles. The highest BCUT2D eigenvalue weighted by atomic mass is 32.2. The zero-order chi connectivity index (χ0) is 13.8. The van der Waals surface area contributed by atoms with Gasteiger partial charge in [0.1, 0.15) is 5.82 Å². The molecule has 20 heavy (non-hydrogen) atoms. The summed E-state index contributed by atoms with van der Waals surface area (Å²) in [7, 11) is 0. The van der Waals surface area contributed by atoms with Crippen LogP contribution in [0.4, 0.5) is 10.1 Å². The van der Waals surface area contributed by atoms with Gasteiger partial charge >= 0.3 is 0 Å². The number of aliphatic imine (C=N–C) groups is 1. The summed E-state index contributed by atoms with van der Waals surface area (Å²) in [6.07, 6.45) is 0. The summed E-state index contributed by atoms with van der Waals surface area (Å²) in [5, 5.41) is 4.93. The molecule has 1 aliphatic heterocycles. The van der Waals surface area contributed by atoms with Gasteiger partial charge in [-0.2, -0.15) is 5.10 Å². The van der Waals surface area contributed by atoms with Crippen molar-refractivity contribution in [2.24, 2.45) is 10.1 Å². The predicted molar refractivity (Wildman–Crippen MR) is 82.1 cm³/mol. The minimum absolute atomic E-state index is 0.253. The average molecular weight is 285 g/mol. The first-order valence-electron chi connectivity index (χ1n) is 6.17. The molecule has 0 aromatic heterocycles. The molecule has 0 saturated carbocycles. The first-order valence-corrected chi connectivity index (χ1v) is 7.15. The summed E-state index contributed by atoms with van der Waals surface area (Å²) in [5.41, 5.74) is 4.97. The summed E-state index contributed by atoms with van der Waals surface area (Å²) < 4.78 is 13.7. The lowest BCUT2D eigenvalue weighted by atomic mass is 10.1. The molecule has 100 valence electrons. The molecule has 0 radical (unpaired) electrons. The maximum absolute atomic E-state index is 13.7. The third kappa shape index (κ3) is 2.88. The number of hydrogen-bond donors (Lipinski definition) is 1. The van der Waals surface area contributed by atoms with Gasteiger partial charge in [-0.1, -0.05) is 48.2 Å². The van der Waals surface area contributed by atoms with E-state index in [0.717, 1.165) is 10.9 Å². The van der Waals surface area contributed by atoms with Gasteiger partial charge in [-0.25, -0.2) is 9.38 Å². The molecular formula is C15H12FN3S. The van der Waals surface area contributed by atoms with E-state index in [0.29, 0.717) is 17.0 Å². The van der Waals surface area contributed by atoms with Crippen LogP contribution in [-0.4, -0.2) is 16.6 Å². The first kappa shape index (κ1) is 12.9. The quantitative estimate of drug-likeness (QED) is 0.916. The molecule has 0 atom stereocenters. The SMILES string of the molecule is Fc1ccccc1C1=NNC(=Nc2ccccc2)SC1. The van der Waals surface area contributed by atoms with Gasteiger partial charge in [-0.3, -0.25) is 5.43 Å². The lowest BCUT2D eigenvalue weighted by Gasteiger charge is -2.15. The van der Waals surface area contributed by atoms with E-state index in [1.165, 1.54) is 17.8 Å². The van der Waals surface area contributed by atoms with Crippen LogP contribution in [0.2, 0.25) is 0 Å². The maximum atomic E-state index is 13.7. The van der Waals surface area contributed by atoms with E-state index in [-0.39, 0.29) is 5.82 Å². The van der Waals surface area contributed by atoms with Gasteiger partial charge in [-0.15, -0.1) is 0 Å². The molecule has 1 N–H and O–H groups in total. The number of rotatable bonds is 2. The van der Waals surface area contributed by atoms with Crippen LogP contribution in [-0.2, 0) is 0 Å². The van der Waals surface area contributed by atoms with Crippen molar-refractivity contribution in [3.63, 3.8) is 0 Å². The molecule has 3 rings (SSSR count). The standard InChI is InChI=1S/C15H12FN3S/c16-13-9-5-4-8-12(13)14-10-20-15(19-18-14)17-11-6-2-1-3-7-11/h1-9H,10H2,(H,17,19). The van der Waals surface area contributed by atoms with Crippen LogP contribution in [0.1, 0.15) is 5.56 Å². The summed E-state index contributed by atoms with van der Waals surface area (Å²) >= 11 is 1.51. The molecule has 1 aliphatic rings. The molecule has 2 aromatic carbocycles. The average Bonchev–Trinajstić information content (AvgIpc) is 2.50. The molecule has 0 bridgehead atoms. The molecule has 3 nitrogen and oxygen atoms in total. The topological polar surface area (TPSA) is 36.8 Å². The number of halogens is 1. The van der Waals surface area contributed by atoms with Gasteiger partial charge in [0.25, 0.3) is 0 Å². The van der Waals surface area contributed by atoms with E-state index in [9.17, 15) is 4.39 Å².